The van der Waals surface area contributed by atoms with Crippen LogP contribution < -0.4 is 4.72 Å². The van der Waals surface area contributed by atoms with Crippen LogP contribution in [0.15, 0.2) is 0 Å². The van der Waals surface area contributed by atoms with Gasteiger partial charge < -0.3 is 0 Å². The lowest BCUT2D eigenvalue weighted by Gasteiger charge is -2.28. The predicted molar refractivity (Wildman–Crippen MR) is 73.7 cm³/mol. The molecule has 1 aliphatic carbocycles. The second-order valence-electron chi connectivity index (χ2n) is 5.90. The molecule has 1 aliphatic heterocycles. The molecule has 0 spiro atoms. The molecule has 2 rings (SSSR count). The van der Waals surface area contributed by atoms with Crippen LogP contribution in [0, 0.1) is 5.92 Å². The predicted octanol–water partition coefficient (Wildman–Crippen LogP) is 0.130. The first-order chi connectivity index (χ1) is 8.66. The van der Waals surface area contributed by atoms with E-state index in [1.807, 2.05) is 0 Å². The average molecular weight is 310 g/mol. The first-order valence-corrected chi connectivity index (χ1v) is 9.91. The lowest BCUT2D eigenvalue weighted by molar-refractivity contribution is 0.378. The molecule has 0 aromatic carbocycles. The Balaban J connectivity index is 2.07. The van der Waals surface area contributed by atoms with Crippen molar-refractivity contribution in [1.29, 1.82) is 0 Å². The quantitative estimate of drug-likeness (QED) is 0.756. The molecular formula is C11H22N2O4S2. The van der Waals surface area contributed by atoms with Gasteiger partial charge in [0.05, 0.1) is 11.5 Å². The van der Waals surface area contributed by atoms with Crippen molar-refractivity contribution in [3.63, 3.8) is 0 Å². The summed E-state index contributed by atoms with van der Waals surface area (Å²) in [7, 11) is -6.72. The Bertz CT molecular complexity index is 539. The SMILES string of the molecule is CCN(CC1CC1)S(=O)(=O)NC1(C)CCS(=O)(=O)C1. The highest BCUT2D eigenvalue weighted by Gasteiger charge is 2.42. The molecule has 6 nitrogen and oxygen atoms in total. The Labute approximate surface area is 115 Å². The normalized spacial score (nSPS) is 30.9. The third-order valence-electron chi connectivity index (χ3n) is 3.73. The second-order valence-corrected chi connectivity index (χ2v) is 9.76. The van der Waals surface area contributed by atoms with Gasteiger partial charge in [-0.2, -0.15) is 17.4 Å². The van der Waals surface area contributed by atoms with Crippen LogP contribution in [0.25, 0.3) is 0 Å². The Morgan fingerprint density at radius 3 is 2.42 bits per heavy atom. The van der Waals surface area contributed by atoms with E-state index < -0.39 is 25.6 Å². The van der Waals surface area contributed by atoms with Crippen molar-refractivity contribution in [1.82, 2.24) is 9.03 Å². The van der Waals surface area contributed by atoms with Gasteiger partial charge in [-0.05, 0) is 32.1 Å². The van der Waals surface area contributed by atoms with Crippen molar-refractivity contribution in [3.8, 4) is 0 Å². The zero-order valence-corrected chi connectivity index (χ0v) is 13.1. The molecule has 19 heavy (non-hydrogen) atoms. The van der Waals surface area contributed by atoms with E-state index >= 15 is 0 Å². The fourth-order valence-electron chi connectivity index (χ4n) is 2.45. The first-order valence-electron chi connectivity index (χ1n) is 6.65. The summed E-state index contributed by atoms with van der Waals surface area (Å²) in [5.41, 5.74) is -0.866. The monoisotopic (exact) mass is 310 g/mol. The molecule has 0 bridgehead atoms. The fraction of sp³-hybridized carbons (Fsp3) is 1.00. The van der Waals surface area contributed by atoms with Crippen molar-refractivity contribution in [3.05, 3.63) is 0 Å². The summed E-state index contributed by atoms with van der Waals surface area (Å²) in [6, 6.07) is 0. The van der Waals surface area contributed by atoms with Gasteiger partial charge in [0.1, 0.15) is 0 Å². The lowest BCUT2D eigenvalue weighted by Crippen LogP contribution is -2.53. The van der Waals surface area contributed by atoms with E-state index in [-0.39, 0.29) is 11.5 Å². The van der Waals surface area contributed by atoms with Crippen LogP contribution >= 0.6 is 0 Å². The van der Waals surface area contributed by atoms with Crippen molar-refractivity contribution in [2.75, 3.05) is 24.6 Å². The van der Waals surface area contributed by atoms with Gasteiger partial charge in [0.25, 0.3) is 10.2 Å². The lowest BCUT2D eigenvalue weighted by atomic mass is 10.0. The zero-order valence-electron chi connectivity index (χ0n) is 11.4. The van der Waals surface area contributed by atoms with E-state index in [1.54, 1.807) is 13.8 Å². The molecule has 1 saturated carbocycles. The Morgan fingerprint density at radius 1 is 1.37 bits per heavy atom. The van der Waals surface area contributed by atoms with Gasteiger partial charge in [0, 0.05) is 18.6 Å². The minimum atomic E-state index is -3.60. The molecule has 8 heteroatoms. The Kier molecular flexibility index (Phi) is 3.99. The van der Waals surface area contributed by atoms with Crippen LogP contribution in [0.1, 0.15) is 33.1 Å². The maximum atomic E-state index is 12.3. The number of nitrogens with zero attached hydrogens (tertiary/aromatic N) is 1. The van der Waals surface area contributed by atoms with E-state index in [9.17, 15) is 16.8 Å². The fourth-order valence-corrected chi connectivity index (χ4v) is 6.31. The molecule has 1 heterocycles. The van der Waals surface area contributed by atoms with E-state index in [0.29, 0.717) is 25.4 Å². The number of sulfone groups is 1. The molecule has 0 radical (unpaired) electrons. The van der Waals surface area contributed by atoms with Crippen LogP contribution in [0.2, 0.25) is 0 Å². The molecule has 112 valence electrons. The van der Waals surface area contributed by atoms with Crippen molar-refractivity contribution in [2.45, 2.75) is 38.6 Å². The highest BCUT2D eigenvalue weighted by molar-refractivity contribution is 7.92. The number of hydrogen-bond donors (Lipinski definition) is 1. The molecule has 1 unspecified atom stereocenters. The summed E-state index contributed by atoms with van der Waals surface area (Å²) in [4.78, 5) is 0. The van der Waals surface area contributed by atoms with Crippen molar-refractivity contribution in [2.24, 2.45) is 5.92 Å². The van der Waals surface area contributed by atoms with E-state index in [2.05, 4.69) is 4.72 Å². The highest BCUT2D eigenvalue weighted by Crippen LogP contribution is 2.31. The molecule has 2 fully saturated rings. The summed E-state index contributed by atoms with van der Waals surface area (Å²) < 4.78 is 51.7. The van der Waals surface area contributed by atoms with Gasteiger partial charge >= 0.3 is 0 Å². The van der Waals surface area contributed by atoms with E-state index in [1.165, 1.54) is 4.31 Å². The molecule has 0 aromatic heterocycles. The molecule has 2 aliphatic rings. The summed E-state index contributed by atoms with van der Waals surface area (Å²) in [5.74, 6) is 0.415. The smallest absolute Gasteiger partial charge is 0.229 e. The Morgan fingerprint density at radius 2 is 2.00 bits per heavy atom. The molecule has 1 N–H and O–H groups in total. The summed E-state index contributed by atoms with van der Waals surface area (Å²) in [5, 5.41) is 0. The van der Waals surface area contributed by atoms with Gasteiger partial charge in [-0.3, -0.25) is 0 Å². The number of nitrogens with one attached hydrogen (secondary N) is 1. The third kappa shape index (κ3) is 3.90. The van der Waals surface area contributed by atoms with Gasteiger partial charge in [-0.25, -0.2) is 8.42 Å². The van der Waals surface area contributed by atoms with Crippen LogP contribution in [0.5, 0.6) is 0 Å². The zero-order chi connectivity index (χ0) is 14.3. The van der Waals surface area contributed by atoms with Crippen LogP contribution in [0.3, 0.4) is 0 Å². The Hall–Kier alpha value is -0.180. The van der Waals surface area contributed by atoms with E-state index in [0.717, 1.165) is 12.8 Å². The number of rotatable bonds is 6. The van der Waals surface area contributed by atoms with Crippen molar-refractivity contribution < 1.29 is 16.8 Å². The summed E-state index contributed by atoms with van der Waals surface area (Å²) in [6.07, 6.45) is 2.50. The standard InChI is InChI=1S/C11H22N2O4S2/c1-3-13(8-10-4-5-10)19(16,17)12-11(2)6-7-18(14,15)9-11/h10,12H,3-9H2,1-2H3. The molecule has 1 saturated heterocycles. The van der Waals surface area contributed by atoms with Crippen LogP contribution in [-0.2, 0) is 20.0 Å². The average Bonchev–Trinajstić information content (AvgIpc) is 3.01. The molecule has 1 atom stereocenters. The maximum Gasteiger partial charge on any atom is 0.279 e. The molecule has 0 aromatic rings. The summed E-state index contributed by atoms with van der Waals surface area (Å²) >= 11 is 0. The topological polar surface area (TPSA) is 83.6 Å². The van der Waals surface area contributed by atoms with Gasteiger partial charge in [0.2, 0.25) is 0 Å². The van der Waals surface area contributed by atoms with Crippen LogP contribution in [-0.4, -0.2) is 51.3 Å². The second kappa shape index (κ2) is 4.98. The van der Waals surface area contributed by atoms with Crippen LogP contribution in [0.4, 0.5) is 0 Å². The highest BCUT2D eigenvalue weighted by atomic mass is 32.2. The molecular weight excluding hydrogens is 288 g/mol. The molecule has 0 amide bonds. The van der Waals surface area contributed by atoms with Crippen molar-refractivity contribution >= 4 is 20.0 Å². The van der Waals surface area contributed by atoms with Gasteiger partial charge in [0.15, 0.2) is 9.84 Å². The van der Waals surface area contributed by atoms with Gasteiger partial charge in [-0.1, -0.05) is 6.92 Å². The maximum absolute atomic E-state index is 12.3. The minimum Gasteiger partial charge on any atom is -0.229 e. The summed E-state index contributed by atoms with van der Waals surface area (Å²) in [6.45, 7) is 4.42. The third-order valence-corrected chi connectivity index (χ3v) is 7.47. The minimum absolute atomic E-state index is 0.0563. The largest absolute Gasteiger partial charge is 0.279 e. The number of hydrogen-bond acceptors (Lipinski definition) is 4. The van der Waals surface area contributed by atoms with Gasteiger partial charge in [-0.15, -0.1) is 0 Å². The first kappa shape index (κ1) is 15.2. The van der Waals surface area contributed by atoms with E-state index in [4.69, 9.17) is 0 Å².